The summed E-state index contributed by atoms with van der Waals surface area (Å²) in [5.74, 6) is 0.682. The molecule has 32 heavy (non-hydrogen) atoms. The standard InChI is InChI=1S/C25H32Cl2N2O2S/c1-6-22(24(31)28-25(3,4)5)29(14-19-20(26)8-7-9-21(19)27)23(30)16-32-15-18-12-10-17(2)11-13-18/h7-13,22H,6,14-16H2,1-5H3,(H,28,31). The van der Waals surface area contributed by atoms with Crippen molar-refractivity contribution >= 4 is 46.8 Å². The van der Waals surface area contributed by atoms with E-state index in [1.807, 2.05) is 34.6 Å². The van der Waals surface area contributed by atoms with Gasteiger partial charge in [-0.1, -0.05) is 66.0 Å². The number of amides is 2. The van der Waals surface area contributed by atoms with Gasteiger partial charge in [0.25, 0.3) is 0 Å². The fourth-order valence-corrected chi connectivity index (χ4v) is 4.64. The van der Waals surface area contributed by atoms with Gasteiger partial charge in [-0.2, -0.15) is 0 Å². The lowest BCUT2D eigenvalue weighted by atomic mass is 10.1. The smallest absolute Gasteiger partial charge is 0.243 e. The third-order valence-electron chi connectivity index (χ3n) is 4.89. The Morgan fingerprint density at radius 3 is 2.19 bits per heavy atom. The molecule has 0 spiro atoms. The molecule has 7 heteroatoms. The zero-order chi connectivity index (χ0) is 23.9. The largest absolute Gasteiger partial charge is 0.350 e. The van der Waals surface area contributed by atoms with Crippen LogP contribution in [-0.4, -0.2) is 34.0 Å². The topological polar surface area (TPSA) is 49.4 Å². The van der Waals surface area contributed by atoms with Gasteiger partial charge < -0.3 is 10.2 Å². The minimum atomic E-state index is -0.617. The summed E-state index contributed by atoms with van der Waals surface area (Å²) in [6.45, 7) is 9.90. The first kappa shape index (κ1) is 26.6. The van der Waals surface area contributed by atoms with Gasteiger partial charge >= 0.3 is 0 Å². The minimum Gasteiger partial charge on any atom is -0.350 e. The van der Waals surface area contributed by atoms with Gasteiger partial charge in [-0.15, -0.1) is 11.8 Å². The number of nitrogens with zero attached hydrogens (tertiary/aromatic N) is 1. The molecule has 2 aromatic rings. The molecule has 0 aromatic heterocycles. The van der Waals surface area contributed by atoms with Crippen molar-refractivity contribution in [2.75, 3.05) is 5.75 Å². The van der Waals surface area contributed by atoms with E-state index in [9.17, 15) is 9.59 Å². The SMILES string of the molecule is CCC(C(=O)NC(C)(C)C)N(Cc1c(Cl)cccc1Cl)C(=O)CSCc1ccc(C)cc1. The van der Waals surface area contributed by atoms with Crippen LogP contribution in [0.5, 0.6) is 0 Å². The number of carbonyl (C=O) groups excluding carboxylic acids is 2. The first-order valence-corrected chi connectivity index (χ1v) is 12.6. The number of halogens is 2. The van der Waals surface area contributed by atoms with Crippen LogP contribution in [0.1, 0.15) is 50.8 Å². The highest BCUT2D eigenvalue weighted by molar-refractivity contribution is 7.99. The summed E-state index contributed by atoms with van der Waals surface area (Å²) in [6.07, 6.45) is 0.484. The van der Waals surface area contributed by atoms with Crippen LogP contribution in [0.25, 0.3) is 0 Å². The van der Waals surface area contributed by atoms with Gasteiger partial charge in [-0.3, -0.25) is 9.59 Å². The number of rotatable bonds is 9. The molecule has 0 aliphatic carbocycles. The van der Waals surface area contributed by atoms with Crippen molar-refractivity contribution in [2.45, 2.75) is 64.9 Å². The first-order valence-electron chi connectivity index (χ1n) is 10.7. The van der Waals surface area contributed by atoms with E-state index in [-0.39, 0.29) is 24.1 Å². The quantitative estimate of drug-likeness (QED) is 0.447. The molecule has 1 N–H and O–H groups in total. The van der Waals surface area contributed by atoms with Crippen LogP contribution in [0.3, 0.4) is 0 Å². The molecule has 1 atom stereocenters. The zero-order valence-electron chi connectivity index (χ0n) is 19.4. The summed E-state index contributed by atoms with van der Waals surface area (Å²) < 4.78 is 0. The molecule has 174 valence electrons. The number of aryl methyl sites for hydroxylation is 1. The third kappa shape index (κ3) is 8.02. The van der Waals surface area contributed by atoms with Crippen LogP contribution >= 0.6 is 35.0 Å². The van der Waals surface area contributed by atoms with Gasteiger partial charge in [-0.25, -0.2) is 0 Å². The summed E-state index contributed by atoms with van der Waals surface area (Å²) in [6, 6.07) is 12.9. The molecule has 0 aliphatic heterocycles. The molecule has 0 radical (unpaired) electrons. The lowest BCUT2D eigenvalue weighted by Crippen LogP contribution is -2.53. The molecule has 0 fully saturated rings. The summed E-state index contributed by atoms with van der Waals surface area (Å²) in [5, 5.41) is 3.96. The predicted molar refractivity (Wildman–Crippen MR) is 136 cm³/mol. The number of hydrogen-bond donors (Lipinski definition) is 1. The van der Waals surface area contributed by atoms with E-state index in [1.165, 1.54) is 17.3 Å². The molecule has 0 heterocycles. The Morgan fingerprint density at radius 2 is 1.66 bits per heavy atom. The molecule has 0 saturated carbocycles. The highest BCUT2D eigenvalue weighted by atomic mass is 35.5. The summed E-state index contributed by atoms with van der Waals surface area (Å²) in [4.78, 5) is 28.0. The Morgan fingerprint density at radius 1 is 1.06 bits per heavy atom. The predicted octanol–water partition coefficient (Wildman–Crippen LogP) is 6.26. The van der Waals surface area contributed by atoms with Gasteiger partial charge in [-0.05, 0) is 51.8 Å². The van der Waals surface area contributed by atoms with Crippen LogP contribution in [-0.2, 0) is 21.9 Å². The molecule has 4 nitrogen and oxygen atoms in total. The second-order valence-electron chi connectivity index (χ2n) is 8.86. The Labute approximate surface area is 206 Å². The van der Waals surface area contributed by atoms with Crippen LogP contribution in [0.4, 0.5) is 0 Å². The highest BCUT2D eigenvalue weighted by Crippen LogP contribution is 2.27. The monoisotopic (exact) mass is 494 g/mol. The third-order valence-corrected chi connectivity index (χ3v) is 6.59. The number of nitrogens with one attached hydrogen (secondary N) is 1. The maximum Gasteiger partial charge on any atom is 0.243 e. The van der Waals surface area contributed by atoms with Crippen molar-refractivity contribution in [3.05, 3.63) is 69.2 Å². The number of hydrogen-bond acceptors (Lipinski definition) is 3. The van der Waals surface area contributed by atoms with Gasteiger partial charge in [0.15, 0.2) is 0 Å². The first-order chi connectivity index (χ1) is 15.0. The molecular formula is C25H32Cl2N2O2S. The van der Waals surface area contributed by atoms with E-state index >= 15 is 0 Å². The van der Waals surface area contributed by atoms with Crippen LogP contribution in [0.2, 0.25) is 10.0 Å². The zero-order valence-corrected chi connectivity index (χ0v) is 21.7. The van der Waals surface area contributed by atoms with Gasteiger partial charge in [0.05, 0.1) is 5.75 Å². The average Bonchev–Trinajstić information content (AvgIpc) is 2.70. The van der Waals surface area contributed by atoms with Crippen molar-refractivity contribution < 1.29 is 9.59 Å². The maximum absolute atomic E-state index is 13.3. The Kier molecular flexibility index (Phi) is 9.93. The normalized spacial score (nSPS) is 12.3. The average molecular weight is 496 g/mol. The van der Waals surface area contributed by atoms with Gasteiger partial charge in [0, 0.05) is 33.4 Å². The van der Waals surface area contributed by atoms with E-state index in [0.29, 0.717) is 22.0 Å². The molecular weight excluding hydrogens is 463 g/mol. The summed E-state index contributed by atoms with van der Waals surface area (Å²) in [7, 11) is 0. The van der Waals surface area contributed by atoms with Crippen LogP contribution in [0.15, 0.2) is 42.5 Å². The second-order valence-corrected chi connectivity index (χ2v) is 10.7. The molecule has 0 aliphatic rings. The number of thioether (sulfide) groups is 1. The molecule has 2 aromatic carbocycles. The van der Waals surface area contributed by atoms with Crippen molar-refractivity contribution in [1.82, 2.24) is 10.2 Å². The van der Waals surface area contributed by atoms with E-state index in [2.05, 4.69) is 29.6 Å². The van der Waals surface area contributed by atoms with Gasteiger partial charge in [0.1, 0.15) is 6.04 Å². The summed E-state index contributed by atoms with van der Waals surface area (Å²) in [5.41, 5.74) is 2.61. The lowest BCUT2D eigenvalue weighted by Gasteiger charge is -2.33. The van der Waals surface area contributed by atoms with Crippen molar-refractivity contribution in [1.29, 1.82) is 0 Å². The van der Waals surface area contributed by atoms with Crippen molar-refractivity contribution in [3.8, 4) is 0 Å². The Balaban J connectivity index is 2.22. The highest BCUT2D eigenvalue weighted by Gasteiger charge is 2.31. The molecule has 1 unspecified atom stereocenters. The Hall–Kier alpha value is -1.69. The number of benzene rings is 2. The Bertz CT molecular complexity index is 906. The van der Waals surface area contributed by atoms with E-state index in [4.69, 9.17) is 23.2 Å². The fourth-order valence-electron chi connectivity index (χ4n) is 3.25. The lowest BCUT2D eigenvalue weighted by molar-refractivity contribution is -0.140. The second kappa shape index (κ2) is 12.0. The van der Waals surface area contributed by atoms with Gasteiger partial charge in [0.2, 0.25) is 11.8 Å². The van der Waals surface area contributed by atoms with Crippen molar-refractivity contribution in [3.63, 3.8) is 0 Å². The molecule has 2 rings (SSSR count). The minimum absolute atomic E-state index is 0.117. The molecule has 2 amide bonds. The fraction of sp³-hybridized carbons (Fsp3) is 0.440. The van der Waals surface area contributed by atoms with E-state index < -0.39 is 11.6 Å². The van der Waals surface area contributed by atoms with E-state index in [1.54, 1.807) is 23.1 Å². The van der Waals surface area contributed by atoms with Crippen LogP contribution in [0, 0.1) is 6.92 Å². The number of carbonyl (C=O) groups is 2. The maximum atomic E-state index is 13.3. The molecule has 0 saturated heterocycles. The van der Waals surface area contributed by atoms with Crippen LogP contribution < -0.4 is 5.32 Å². The molecule has 0 bridgehead atoms. The van der Waals surface area contributed by atoms with E-state index in [0.717, 1.165) is 11.3 Å². The van der Waals surface area contributed by atoms with Crippen molar-refractivity contribution in [2.24, 2.45) is 0 Å². The summed E-state index contributed by atoms with van der Waals surface area (Å²) >= 11 is 14.3.